The zero-order valence-corrected chi connectivity index (χ0v) is 11.5. The van der Waals surface area contributed by atoms with E-state index in [0.717, 1.165) is 12.1 Å². The van der Waals surface area contributed by atoms with Crippen LogP contribution in [0.2, 0.25) is 0 Å². The van der Waals surface area contributed by atoms with Gasteiger partial charge in [0, 0.05) is 34.4 Å². The van der Waals surface area contributed by atoms with Gasteiger partial charge in [0.05, 0.1) is 12.5 Å². The van der Waals surface area contributed by atoms with Crippen molar-refractivity contribution in [3.8, 4) is 6.07 Å². The minimum atomic E-state index is -0.215. The maximum absolute atomic E-state index is 8.79. The first kappa shape index (κ1) is 12.7. The molecule has 0 saturated heterocycles. The molecule has 3 rings (SSSR count). The number of aryl methyl sites for hydroxylation is 1. The van der Waals surface area contributed by atoms with Gasteiger partial charge in [0.15, 0.2) is 0 Å². The van der Waals surface area contributed by atoms with Crippen molar-refractivity contribution in [3.63, 3.8) is 0 Å². The van der Waals surface area contributed by atoms with Crippen molar-refractivity contribution in [2.45, 2.75) is 25.9 Å². The van der Waals surface area contributed by atoms with Gasteiger partial charge < -0.3 is 10.3 Å². The Balaban J connectivity index is 2.29. The minimum Gasteiger partial charge on any atom is -0.341 e. The lowest BCUT2D eigenvalue weighted by atomic mass is 10.0. The Morgan fingerprint density at radius 1 is 1.15 bits per heavy atom. The van der Waals surface area contributed by atoms with Crippen molar-refractivity contribution in [1.29, 1.82) is 5.26 Å². The highest BCUT2D eigenvalue weighted by Crippen LogP contribution is 2.31. The second-order valence-corrected chi connectivity index (χ2v) is 5.01. The van der Waals surface area contributed by atoms with E-state index in [2.05, 4.69) is 54.0 Å². The first-order valence-corrected chi connectivity index (χ1v) is 6.89. The van der Waals surface area contributed by atoms with Crippen LogP contribution in [0.15, 0.2) is 42.5 Å². The summed E-state index contributed by atoms with van der Waals surface area (Å²) in [4.78, 5) is 0. The van der Waals surface area contributed by atoms with Crippen molar-refractivity contribution in [2.75, 3.05) is 0 Å². The number of hydrogen-bond donors (Lipinski definition) is 1. The normalized spacial score (nSPS) is 12.7. The van der Waals surface area contributed by atoms with Gasteiger partial charge in [-0.25, -0.2) is 0 Å². The zero-order valence-electron chi connectivity index (χ0n) is 11.5. The maximum Gasteiger partial charge on any atom is 0.0641 e. The Labute approximate surface area is 118 Å². The number of para-hydroxylation sites is 1. The van der Waals surface area contributed by atoms with Gasteiger partial charge in [-0.1, -0.05) is 24.3 Å². The molecule has 0 amide bonds. The molecule has 100 valence electrons. The molecule has 2 aromatic carbocycles. The van der Waals surface area contributed by atoms with E-state index >= 15 is 0 Å². The molecule has 0 unspecified atom stereocenters. The molecule has 0 aliphatic rings. The number of hydrogen-bond acceptors (Lipinski definition) is 2. The number of benzene rings is 2. The van der Waals surface area contributed by atoms with E-state index in [9.17, 15) is 0 Å². The molecule has 1 aromatic heterocycles. The smallest absolute Gasteiger partial charge is 0.0641 e. The predicted molar refractivity (Wildman–Crippen MR) is 82.3 cm³/mol. The van der Waals surface area contributed by atoms with Crippen LogP contribution in [0.1, 0.15) is 24.9 Å². The number of nitriles is 1. The highest BCUT2D eigenvalue weighted by Gasteiger charge is 2.12. The van der Waals surface area contributed by atoms with Crippen molar-refractivity contribution in [1.82, 2.24) is 4.57 Å². The van der Waals surface area contributed by atoms with E-state index in [4.69, 9.17) is 11.0 Å². The Hall–Kier alpha value is -2.31. The average molecular weight is 263 g/mol. The molecule has 0 aliphatic carbocycles. The molecule has 0 saturated carbocycles. The molecule has 3 heteroatoms. The van der Waals surface area contributed by atoms with Crippen LogP contribution < -0.4 is 5.73 Å². The van der Waals surface area contributed by atoms with E-state index < -0.39 is 0 Å². The van der Waals surface area contributed by atoms with E-state index in [1.54, 1.807) is 0 Å². The molecular weight excluding hydrogens is 246 g/mol. The topological polar surface area (TPSA) is 54.7 Å². The second-order valence-electron chi connectivity index (χ2n) is 5.01. The highest BCUT2D eigenvalue weighted by molar-refractivity contribution is 6.08. The van der Waals surface area contributed by atoms with Crippen molar-refractivity contribution >= 4 is 21.8 Å². The Kier molecular flexibility index (Phi) is 3.17. The molecule has 3 nitrogen and oxygen atoms in total. The number of fused-ring (bicyclic) bond motifs is 3. The highest BCUT2D eigenvalue weighted by atomic mass is 15.0. The quantitative estimate of drug-likeness (QED) is 0.782. The fraction of sp³-hybridized carbons (Fsp3) is 0.235. The summed E-state index contributed by atoms with van der Waals surface area (Å²) in [7, 11) is 0. The third-order valence-corrected chi connectivity index (χ3v) is 3.85. The lowest BCUT2D eigenvalue weighted by molar-refractivity contribution is 0.749. The summed E-state index contributed by atoms with van der Waals surface area (Å²) >= 11 is 0. The Morgan fingerprint density at radius 2 is 1.90 bits per heavy atom. The molecule has 2 N–H and O–H groups in total. The summed E-state index contributed by atoms with van der Waals surface area (Å²) in [5, 5.41) is 11.3. The van der Waals surface area contributed by atoms with Crippen LogP contribution in [0.5, 0.6) is 0 Å². The molecule has 1 heterocycles. The molecule has 3 aromatic rings. The molecular formula is C17H17N3. The largest absolute Gasteiger partial charge is 0.341 e. The molecule has 0 aliphatic heterocycles. The van der Waals surface area contributed by atoms with Gasteiger partial charge in [-0.3, -0.25) is 0 Å². The third kappa shape index (κ3) is 1.86. The fourth-order valence-corrected chi connectivity index (χ4v) is 2.86. The lowest BCUT2D eigenvalue weighted by Gasteiger charge is -2.08. The number of nitrogens with two attached hydrogens (primary N) is 1. The monoisotopic (exact) mass is 263 g/mol. The van der Waals surface area contributed by atoms with Crippen molar-refractivity contribution in [3.05, 3.63) is 48.0 Å². The first-order valence-electron chi connectivity index (χ1n) is 6.89. The van der Waals surface area contributed by atoms with Crippen LogP contribution in [0.4, 0.5) is 0 Å². The summed E-state index contributed by atoms with van der Waals surface area (Å²) in [6.07, 6.45) is 0.345. The molecule has 0 bridgehead atoms. The standard InChI is InChI=1S/C17H17N3/c1-2-20-16-6-4-3-5-13(16)14-11-12(7-8-17(14)20)15(19)9-10-18/h3-8,11,15H,2,9,19H2,1H3/t15-/m0/s1. The second kappa shape index (κ2) is 4.99. The number of aromatic nitrogens is 1. The van der Waals surface area contributed by atoms with Crippen LogP contribution in [0, 0.1) is 11.3 Å². The van der Waals surface area contributed by atoms with Gasteiger partial charge in [-0.15, -0.1) is 0 Å². The molecule has 20 heavy (non-hydrogen) atoms. The average Bonchev–Trinajstić information content (AvgIpc) is 2.80. The van der Waals surface area contributed by atoms with Crippen LogP contribution >= 0.6 is 0 Å². The number of rotatable bonds is 3. The van der Waals surface area contributed by atoms with Gasteiger partial charge in [-0.05, 0) is 30.7 Å². The van der Waals surface area contributed by atoms with E-state index in [1.165, 1.54) is 21.8 Å². The van der Waals surface area contributed by atoms with Crippen LogP contribution in [0.25, 0.3) is 21.8 Å². The Bertz CT molecular complexity index is 808. The summed E-state index contributed by atoms with van der Waals surface area (Å²) in [5.41, 5.74) is 9.55. The van der Waals surface area contributed by atoms with Crippen LogP contribution in [-0.4, -0.2) is 4.57 Å². The van der Waals surface area contributed by atoms with Gasteiger partial charge in [0.25, 0.3) is 0 Å². The number of nitrogens with zero attached hydrogens (tertiary/aromatic N) is 2. The SMILES string of the molecule is CCn1c2ccccc2c2cc([C@@H](N)CC#N)ccc21. The summed E-state index contributed by atoms with van der Waals surface area (Å²) in [6, 6.07) is 16.6. The summed E-state index contributed by atoms with van der Waals surface area (Å²) < 4.78 is 2.31. The van der Waals surface area contributed by atoms with E-state index in [0.29, 0.717) is 6.42 Å². The van der Waals surface area contributed by atoms with E-state index in [-0.39, 0.29) is 6.04 Å². The van der Waals surface area contributed by atoms with Gasteiger partial charge in [0.2, 0.25) is 0 Å². The predicted octanol–water partition coefficient (Wildman–Crippen LogP) is 3.73. The summed E-state index contributed by atoms with van der Waals surface area (Å²) in [5.74, 6) is 0. The van der Waals surface area contributed by atoms with E-state index in [1.807, 2.05) is 6.07 Å². The van der Waals surface area contributed by atoms with Crippen LogP contribution in [-0.2, 0) is 6.54 Å². The Morgan fingerprint density at radius 3 is 2.65 bits per heavy atom. The summed E-state index contributed by atoms with van der Waals surface area (Å²) in [6.45, 7) is 3.09. The fourth-order valence-electron chi connectivity index (χ4n) is 2.86. The van der Waals surface area contributed by atoms with Gasteiger partial charge in [-0.2, -0.15) is 5.26 Å². The molecule has 0 spiro atoms. The zero-order chi connectivity index (χ0) is 14.1. The van der Waals surface area contributed by atoms with Gasteiger partial charge in [0.1, 0.15) is 0 Å². The van der Waals surface area contributed by atoms with Crippen LogP contribution in [0.3, 0.4) is 0 Å². The molecule has 0 fully saturated rings. The van der Waals surface area contributed by atoms with Crippen molar-refractivity contribution in [2.24, 2.45) is 5.73 Å². The lowest BCUT2D eigenvalue weighted by Crippen LogP contribution is -2.08. The van der Waals surface area contributed by atoms with Gasteiger partial charge >= 0.3 is 0 Å². The third-order valence-electron chi connectivity index (χ3n) is 3.85. The first-order chi connectivity index (χ1) is 9.76. The minimum absolute atomic E-state index is 0.215. The maximum atomic E-state index is 8.79. The molecule has 1 atom stereocenters. The van der Waals surface area contributed by atoms with Crippen molar-refractivity contribution < 1.29 is 0 Å². The molecule has 0 radical (unpaired) electrons.